The maximum Gasteiger partial charge on any atom is 0.422 e. The largest absolute Gasteiger partial charge is 0.726 e. The molecule has 54 heavy (non-hydrogen) atoms. The number of nitrogens with zero attached hydrogens (tertiary/aromatic N) is 3. The van der Waals surface area contributed by atoms with Crippen LogP contribution >= 0.6 is 23.5 Å². The number of amidine groups is 1. The van der Waals surface area contributed by atoms with Crippen molar-refractivity contribution in [1.82, 2.24) is 15.6 Å². The summed E-state index contributed by atoms with van der Waals surface area (Å²) in [4.78, 5) is 86.9. The standard InChI is InChI=1S/C30H36N8O13S3/c1-6-14-24(42)35-19(13(5)51-54(47,48)49)27-38-20(29(46)50-27)17(8-10(2)15(39)7-11(3)28(44)45)52-30(38)37-21(26(53-30)33-12(4)23(41)34-14)25(43)36-22(37)16(40)9-18(31)32/h10-14,19H,6-9H2,1-5H3,(H7-,31,32,33,34,35,41,42,43,44,45,47,48,49)/p+2. The van der Waals surface area contributed by atoms with E-state index in [-0.39, 0.29) is 52.3 Å². The van der Waals surface area contributed by atoms with Crippen molar-refractivity contribution in [2.24, 2.45) is 22.6 Å². The summed E-state index contributed by atoms with van der Waals surface area (Å²) in [6, 6.07) is -4.23. The molecule has 1 spiro atoms. The minimum atomic E-state index is -5.45. The molecule has 0 saturated heterocycles. The van der Waals surface area contributed by atoms with Gasteiger partial charge in [0.25, 0.3) is 11.5 Å². The Kier molecular flexibility index (Phi) is 11.2. The monoisotopic (exact) mass is 814 g/mol. The quantitative estimate of drug-likeness (QED) is 0.0199. The second kappa shape index (κ2) is 14.9. The smallest absolute Gasteiger partial charge is 0.422 e. The van der Waals surface area contributed by atoms with Gasteiger partial charge in [0.05, 0.1) is 10.8 Å². The van der Waals surface area contributed by atoms with E-state index in [1.807, 2.05) is 0 Å². The molecule has 0 saturated carbocycles. The van der Waals surface area contributed by atoms with E-state index in [2.05, 4.69) is 20.6 Å². The van der Waals surface area contributed by atoms with Gasteiger partial charge in [-0.15, -0.1) is 4.57 Å². The van der Waals surface area contributed by atoms with Gasteiger partial charge in [-0.3, -0.25) is 44.3 Å². The zero-order valence-electron chi connectivity index (χ0n) is 29.4. The topological polar surface area (TPSA) is 329 Å². The number of amides is 2. The third-order valence-corrected chi connectivity index (χ3v) is 12.3. The second-order valence-corrected chi connectivity index (χ2v) is 16.8. The van der Waals surface area contributed by atoms with Crippen LogP contribution in [0.4, 0.5) is 0 Å². The molecule has 2 bridgehead atoms. The van der Waals surface area contributed by atoms with Gasteiger partial charge >= 0.3 is 39.6 Å². The number of thioether (sulfide) groups is 2. The Bertz CT molecular complexity index is 2090. The van der Waals surface area contributed by atoms with Gasteiger partial charge in [0.1, 0.15) is 30.4 Å². The van der Waals surface area contributed by atoms with E-state index >= 15 is 0 Å². The number of esters is 1. The number of aliphatic carboxylic acids is 1. The van der Waals surface area contributed by atoms with Crippen molar-refractivity contribution in [3.63, 3.8) is 0 Å². The molecule has 0 aromatic carbocycles. The summed E-state index contributed by atoms with van der Waals surface area (Å²) in [5.41, 5.74) is 5.29. The van der Waals surface area contributed by atoms with Gasteiger partial charge in [-0.25, -0.2) is 18.2 Å². The lowest BCUT2D eigenvalue weighted by atomic mass is 9.94. The molecule has 292 valence electrons. The van der Waals surface area contributed by atoms with E-state index < -0.39 is 104 Å². The van der Waals surface area contributed by atoms with Crippen molar-refractivity contribution >= 4 is 86.0 Å². The number of ketones is 2. The maximum atomic E-state index is 14.0. The normalized spacial score (nSPS) is 25.6. The highest BCUT2D eigenvalue weighted by Crippen LogP contribution is 2.59. The van der Waals surface area contributed by atoms with Crippen molar-refractivity contribution < 1.29 is 75.4 Å². The van der Waals surface area contributed by atoms with Crippen LogP contribution in [0.2, 0.25) is 0 Å². The first-order valence-electron chi connectivity index (χ1n) is 16.5. The van der Waals surface area contributed by atoms with Crippen LogP contribution in [0.15, 0.2) is 15.6 Å². The van der Waals surface area contributed by atoms with E-state index in [1.165, 1.54) is 29.9 Å². The summed E-state index contributed by atoms with van der Waals surface area (Å²) in [6.07, 6.45) is -2.81. The van der Waals surface area contributed by atoms with Crippen LogP contribution in [0.5, 0.6) is 5.88 Å². The minimum absolute atomic E-state index is 0.0170. The van der Waals surface area contributed by atoms with Crippen molar-refractivity contribution in [3.8, 4) is 5.88 Å². The molecule has 24 heteroatoms. The number of nitrogens with one attached hydrogen (secondary N) is 3. The number of carboxylic acid groups (broad SMARTS) is 1. The van der Waals surface area contributed by atoms with E-state index in [0.717, 1.165) is 30.4 Å². The van der Waals surface area contributed by atoms with Crippen molar-refractivity contribution in [2.45, 2.75) is 88.9 Å². The van der Waals surface area contributed by atoms with E-state index in [9.17, 15) is 52.0 Å². The Balaban J connectivity index is 1.84. The predicted octanol–water partition coefficient (Wildman–Crippen LogP) is -2.96. The number of aromatic amines is 1. The van der Waals surface area contributed by atoms with Crippen molar-refractivity contribution in [1.29, 1.82) is 0 Å². The third kappa shape index (κ3) is 7.51. The number of aliphatic imine (C=N–C) groups is 1. The highest BCUT2D eigenvalue weighted by Gasteiger charge is 2.73. The van der Waals surface area contributed by atoms with E-state index in [4.69, 9.17) is 20.1 Å². The molecule has 5 heterocycles. The van der Waals surface area contributed by atoms with Crippen LogP contribution in [-0.4, -0.2) is 109 Å². The molecule has 1 aromatic heterocycles. The van der Waals surface area contributed by atoms with E-state index in [1.54, 1.807) is 6.92 Å². The number of rotatable bonds is 13. The molecule has 9 N–H and O–H groups in total. The molecule has 7 unspecified atom stereocenters. The summed E-state index contributed by atoms with van der Waals surface area (Å²) >= 11 is 1.72. The van der Waals surface area contributed by atoms with Gasteiger partial charge in [-0.05, 0) is 26.7 Å². The Hall–Kier alpha value is -4.65. The molecule has 2 amide bonds. The Labute approximate surface area is 315 Å². The highest BCUT2D eigenvalue weighted by molar-refractivity contribution is 8.26. The van der Waals surface area contributed by atoms with Crippen LogP contribution in [-0.2, 0) is 47.6 Å². The second-order valence-electron chi connectivity index (χ2n) is 13.1. The fourth-order valence-corrected chi connectivity index (χ4v) is 10.1. The van der Waals surface area contributed by atoms with Gasteiger partial charge in [0.2, 0.25) is 28.0 Å². The van der Waals surface area contributed by atoms with Gasteiger partial charge in [0, 0.05) is 35.9 Å². The Morgan fingerprint density at radius 3 is 2.41 bits per heavy atom. The number of nitrogens with two attached hydrogens (primary N) is 2. The fraction of sp³-hybridized carbons (Fsp3) is 0.533. The van der Waals surface area contributed by atoms with Gasteiger partial charge < -0.3 is 30.1 Å². The number of hydrogen-bond donors (Lipinski definition) is 7. The van der Waals surface area contributed by atoms with Gasteiger partial charge in [-0.1, -0.05) is 25.3 Å². The first kappa shape index (κ1) is 40.5. The summed E-state index contributed by atoms with van der Waals surface area (Å²) < 4.78 is 46.7. The lowest BCUT2D eigenvalue weighted by Crippen LogP contribution is -2.62. The molecule has 0 aliphatic carbocycles. The number of Topliss-reactive ketones (excluding diaryl/α,β-unsaturated/α-hetero) is 2. The van der Waals surface area contributed by atoms with Crippen molar-refractivity contribution in [2.75, 3.05) is 0 Å². The van der Waals surface area contributed by atoms with Crippen LogP contribution in [0.25, 0.3) is 0 Å². The average molecular weight is 815 g/mol. The van der Waals surface area contributed by atoms with Gasteiger partial charge in [-0.2, -0.15) is 0 Å². The fourth-order valence-electron chi connectivity index (χ4n) is 6.15. The number of carboxylic acids is 1. The lowest BCUT2D eigenvalue weighted by Gasteiger charge is -2.26. The molecule has 4 aliphatic heterocycles. The molecular weight excluding hydrogens is 777 g/mol. The number of H-pyrrole nitrogens is 1. The first-order valence-corrected chi connectivity index (χ1v) is 19.4. The Morgan fingerprint density at radius 1 is 1.15 bits per heavy atom. The number of fused-ring (bicyclic) bond motifs is 3. The third-order valence-electron chi connectivity index (χ3n) is 8.89. The number of aromatic nitrogens is 2. The molecule has 7 atom stereocenters. The minimum Gasteiger partial charge on any atom is -0.726 e. The number of ether oxygens (including phenoxy) is 1. The molecular formula is C30H38N8O13S3+2. The first-order chi connectivity index (χ1) is 25.1. The number of imidazole rings is 1. The molecule has 21 nitrogen and oxygen atoms in total. The van der Waals surface area contributed by atoms with Crippen LogP contribution in [0.1, 0.15) is 76.6 Å². The van der Waals surface area contributed by atoms with Gasteiger partial charge in [0.15, 0.2) is 11.1 Å². The molecule has 4 aliphatic rings. The molecule has 0 radical (unpaired) electrons. The average Bonchev–Trinajstić information content (AvgIpc) is 3.77. The molecule has 0 fully saturated rings. The molecule has 1 aromatic rings. The SMILES string of the molecule is CCC1NC(=O)C(C)N=C2SC3(SC(CC(C)C(=O)CC(C)C(=O)O)=C4C(=O)OC(=[N+]43)C(C(C)OS(=O)(=O)[O-])NC1=O)[n+]1c(C(=O)CC(N)=[NH2+])[nH]c(O)c12. The maximum absolute atomic E-state index is 14.0. The number of allylic oxidation sites excluding steroid dienone is 1. The predicted molar refractivity (Wildman–Crippen MR) is 185 cm³/mol. The van der Waals surface area contributed by atoms with E-state index in [0.29, 0.717) is 0 Å². The van der Waals surface area contributed by atoms with Crippen LogP contribution < -0.4 is 26.3 Å². The molecule has 5 rings (SSSR count). The summed E-state index contributed by atoms with van der Waals surface area (Å²) in [7, 11) is -5.45. The zero-order valence-corrected chi connectivity index (χ0v) is 31.8. The number of carbonyl (C=O) groups is 6. The summed E-state index contributed by atoms with van der Waals surface area (Å²) in [5, 5.41) is 31.4. The van der Waals surface area contributed by atoms with Crippen LogP contribution in [0, 0.1) is 11.8 Å². The van der Waals surface area contributed by atoms with Crippen LogP contribution in [0.3, 0.4) is 0 Å². The number of hydrogen-bond acceptors (Lipinski definition) is 15. The van der Waals surface area contributed by atoms with Crippen molar-refractivity contribution in [3.05, 3.63) is 22.1 Å². The Morgan fingerprint density at radius 2 is 1.81 bits per heavy atom. The summed E-state index contributed by atoms with van der Waals surface area (Å²) in [5.74, 6) is -8.73. The summed E-state index contributed by atoms with van der Waals surface area (Å²) in [6.45, 7) is 6.96. The number of carbonyl (C=O) groups excluding carboxylic acids is 5. The highest BCUT2D eigenvalue weighted by atomic mass is 32.3. The zero-order chi connectivity index (χ0) is 40.2. The number of aromatic hydroxyl groups is 1. The lowest BCUT2D eigenvalue weighted by molar-refractivity contribution is -0.852.